The van der Waals surface area contributed by atoms with Gasteiger partial charge in [-0.1, -0.05) is 12.1 Å². The Balaban J connectivity index is 1.94. The van der Waals surface area contributed by atoms with E-state index in [1.54, 1.807) is 25.0 Å². The molecular weight excluding hydrogens is 258 g/mol. The van der Waals surface area contributed by atoms with Crippen LogP contribution in [0.5, 0.6) is 5.75 Å². The lowest BCUT2D eigenvalue weighted by Crippen LogP contribution is -2.33. The van der Waals surface area contributed by atoms with Crippen molar-refractivity contribution in [3.05, 3.63) is 52.4 Å². The van der Waals surface area contributed by atoms with E-state index in [-0.39, 0.29) is 18.0 Å². The monoisotopic (exact) mass is 275 g/mol. The number of carbonyl (C=O) groups is 1. The molecule has 0 saturated carbocycles. The van der Waals surface area contributed by atoms with Crippen LogP contribution in [0.2, 0.25) is 0 Å². The maximum atomic E-state index is 11.8. The summed E-state index contributed by atoms with van der Waals surface area (Å²) >= 11 is 0. The molecule has 0 radical (unpaired) electrons. The standard InChI is InChI=1S/C14H17N3O3/c1-16-7-6-14(19)17(16)10-13(18)15-9-11-4-3-5-12(8-11)20-2/h3-8H,9-10H2,1-2H3,(H,15,18). The number of carbonyl (C=O) groups excluding carboxylic acids is 1. The van der Waals surface area contributed by atoms with Crippen molar-refractivity contribution in [2.45, 2.75) is 13.1 Å². The molecule has 0 saturated heterocycles. The summed E-state index contributed by atoms with van der Waals surface area (Å²) in [5.74, 6) is 0.534. The van der Waals surface area contributed by atoms with E-state index in [4.69, 9.17) is 4.74 Å². The number of hydrogen-bond acceptors (Lipinski definition) is 3. The molecule has 1 aromatic carbocycles. The minimum atomic E-state index is -0.211. The number of aryl methyl sites for hydroxylation is 1. The summed E-state index contributed by atoms with van der Waals surface area (Å²) in [7, 11) is 3.32. The Morgan fingerprint density at radius 3 is 2.80 bits per heavy atom. The van der Waals surface area contributed by atoms with E-state index in [9.17, 15) is 9.59 Å². The minimum absolute atomic E-state index is 0.00625. The van der Waals surface area contributed by atoms with E-state index in [0.29, 0.717) is 6.54 Å². The Morgan fingerprint density at radius 1 is 1.35 bits per heavy atom. The van der Waals surface area contributed by atoms with Gasteiger partial charge in [-0.05, 0) is 17.7 Å². The van der Waals surface area contributed by atoms with Crippen molar-refractivity contribution < 1.29 is 9.53 Å². The third kappa shape index (κ3) is 3.28. The van der Waals surface area contributed by atoms with Gasteiger partial charge in [-0.15, -0.1) is 0 Å². The highest BCUT2D eigenvalue weighted by Crippen LogP contribution is 2.11. The molecule has 0 spiro atoms. The van der Waals surface area contributed by atoms with E-state index in [1.165, 1.54) is 10.7 Å². The second-order valence-electron chi connectivity index (χ2n) is 4.41. The Morgan fingerprint density at radius 2 is 2.15 bits per heavy atom. The Kier molecular flexibility index (Phi) is 4.24. The quantitative estimate of drug-likeness (QED) is 0.864. The van der Waals surface area contributed by atoms with Crippen LogP contribution in [0.3, 0.4) is 0 Å². The first-order chi connectivity index (χ1) is 9.60. The molecule has 2 rings (SSSR count). The first kappa shape index (κ1) is 13.9. The van der Waals surface area contributed by atoms with E-state index in [0.717, 1.165) is 11.3 Å². The van der Waals surface area contributed by atoms with Gasteiger partial charge in [-0.25, -0.2) is 4.68 Å². The second kappa shape index (κ2) is 6.10. The van der Waals surface area contributed by atoms with Crippen LogP contribution in [0.15, 0.2) is 41.3 Å². The molecule has 6 heteroatoms. The van der Waals surface area contributed by atoms with Crippen molar-refractivity contribution in [3.63, 3.8) is 0 Å². The number of hydrogen-bond donors (Lipinski definition) is 1. The normalized spacial score (nSPS) is 10.3. The van der Waals surface area contributed by atoms with Crippen molar-refractivity contribution >= 4 is 5.91 Å². The fraction of sp³-hybridized carbons (Fsp3) is 0.286. The van der Waals surface area contributed by atoms with E-state index in [2.05, 4.69) is 5.32 Å². The zero-order valence-electron chi connectivity index (χ0n) is 11.5. The fourth-order valence-electron chi connectivity index (χ4n) is 1.86. The van der Waals surface area contributed by atoms with Gasteiger partial charge in [0.2, 0.25) is 5.91 Å². The summed E-state index contributed by atoms with van der Waals surface area (Å²) in [5, 5.41) is 2.78. The number of methoxy groups -OCH3 is 1. The van der Waals surface area contributed by atoms with Crippen molar-refractivity contribution in [3.8, 4) is 5.75 Å². The Bertz CT molecular complexity index is 658. The molecule has 1 heterocycles. The van der Waals surface area contributed by atoms with Crippen LogP contribution >= 0.6 is 0 Å². The smallest absolute Gasteiger partial charge is 0.267 e. The highest BCUT2D eigenvalue weighted by molar-refractivity contribution is 5.75. The zero-order valence-corrected chi connectivity index (χ0v) is 11.5. The first-order valence-electron chi connectivity index (χ1n) is 6.22. The van der Waals surface area contributed by atoms with Crippen LogP contribution in [-0.2, 0) is 24.9 Å². The third-order valence-electron chi connectivity index (χ3n) is 2.99. The average Bonchev–Trinajstić information content (AvgIpc) is 2.77. The molecule has 1 amide bonds. The highest BCUT2D eigenvalue weighted by Gasteiger charge is 2.07. The molecule has 0 bridgehead atoms. The highest BCUT2D eigenvalue weighted by atomic mass is 16.5. The number of nitrogens with one attached hydrogen (secondary N) is 1. The van der Waals surface area contributed by atoms with Gasteiger partial charge in [0, 0.05) is 25.9 Å². The predicted octanol–water partition coefficient (Wildman–Crippen LogP) is 0.512. The molecule has 106 valence electrons. The third-order valence-corrected chi connectivity index (χ3v) is 2.99. The van der Waals surface area contributed by atoms with Crippen molar-refractivity contribution in [1.82, 2.24) is 14.7 Å². The average molecular weight is 275 g/mol. The van der Waals surface area contributed by atoms with Crippen molar-refractivity contribution in [2.24, 2.45) is 7.05 Å². The molecule has 2 aromatic rings. The van der Waals surface area contributed by atoms with Gasteiger partial charge in [0.1, 0.15) is 12.3 Å². The SMILES string of the molecule is COc1cccc(CNC(=O)Cn2c(=O)ccn2C)c1. The summed E-state index contributed by atoms with van der Waals surface area (Å²) in [6.07, 6.45) is 1.62. The van der Waals surface area contributed by atoms with Crippen LogP contribution in [0, 0.1) is 0 Å². The van der Waals surface area contributed by atoms with Crippen LogP contribution < -0.4 is 15.6 Å². The molecule has 1 aromatic heterocycles. The minimum Gasteiger partial charge on any atom is -0.497 e. The van der Waals surface area contributed by atoms with E-state index < -0.39 is 0 Å². The van der Waals surface area contributed by atoms with Gasteiger partial charge in [-0.3, -0.25) is 14.3 Å². The van der Waals surface area contributed by atoms with Gasteiger partial charge in [0.15, 0.2) is 0 Å². The topological polar surface area (TPSA) is 65.3 Å². The molecular formula is C14H17N3O3. The number of aromatic nitrogens is 2. The summed E-state index contributed by atoms with van der Waals surface area (Å²) in [5.41, 5.74) is 0.751. The van der Waals surface area contributed by atoms with Gasteiger partial charge >= 0.3 is 0 Å². The van der Waals surface area contributed by atoms with E-state index in [1.807, 2.05) is 24.3 Å². The summed E-state index contributed by atoms with van der Waals surface area (Å²) in [6, 6.07) is 8.89. The molecule has 0 atom stereocenters. The zero-order chi connectivity index (χ0) is 14.5. The van der Waals surface area contributed by atoms with Crippen LogP contribution in [0.25, 0.3) is 0 Å². The summed E-state index contributed by atoms with van der Waals surface area (Å²) in [6.45, 7) is 0.404. The fourth-order valence-corrected chi connectivity index (χ4v) is 1.86. The number of amides is 1. The Labute approximate surface area is 116 Å². The first-order valence-corrected chi connectivity index (χ1v) is 6.22. The second-order valence-corrected chi connectivity index (χ2v) is 4.41. The predicted molar refractivity (Wildman–Crippen MR) is 74.5 cm³/mol. The molecule has 0 aliphatic carbocycles. The largest absolute Gasteiger partial charge is 0.497 e. The molecule has 0 fully saturated rings. The van der Waals surface area contributed by atoms with Crippen LogP contribution in [0.1, 0.15) is 5.56 Å². The molecule has 6 nitrogen and oxygen atoms in total. The van der Waals surface area contributed by atoms with Crippen molar-refractivity contribution in [2.75, 3.05) is 7.11 Å². The van der Waals surface area contributed by atoms with Crippen LogP contribution in [0.4, 0.5) is 0 Å². The van der Waals surface area contributed by atoms with Gasteiger partial charge < -0.3 is 10.1 Å². The number of nitrogens with zero attached hydrogens (tertiary/aromatic N) is 2. The molecule has 0 aliphatic heterocycles. The van der Waals surface area contributed by atoms with E-state index >= 15 is 0 Å². The van der Waals surface area contributed by atoms with Gasteiger partial charge in [0.05, 0.1) is 7.11 Å². The summed E-state index contributed by atoms with van der Waals surface area (Å²) in [4.78, 5) is 23.3. The lowest BCUT2D eigenvalue weighted by Gasteiger charge is -2.09. The maximum Gasteiger partial charge on any atom is 0.267 e. The number of rotatable bonds is 5. The molecule has 1 N–H and O–H groups in total. The maximum absolute atomic E-state index is 11.8. The molecule has 0 unspecified atom stereocenters. The van der Waals surface area contributed by atoms with Gasteiger partial charge in [-0.2, -0.15) is 0 Å². The lowest BCUT2D eigenvalue weighted by atomic mass is 10.2. The van der Waals surface area contributed by atoms with Crippen LogP contribution in [-0.4, -0.2) is 22.4 Å². The lowest BCUT2D eigenvalue weighted by molar-refractivity contribution is -0.122. The molecule has 0 aliphatic rings. The summed E-state index contributed by atoms with van der Waals surface area (Å²) < 4.78 is 8.07. The number of benzene rings is 1. The molecule has 20 heavy (non-hydrogen) atoms. The Hall–Kier alpha value is -2.50. The van der Waals surface area contributed by atoms with Crippen molar-refractivity contribution in [1.29, 1.82) is 0 Å². The number of ether oxygens (including phenoxy) is 1. The van der Waals surface area contributed by atoms with Gasteiger partial charge in [0.25, 0.3) is 5.56 Å².